The number of rotatable bonds is 6. The highest BCUT2D eigenvalue weighted by molar-refractivity contribution is 5.93. The van der Waals surface area contributed by atoms with Gasteiger partial charge in [-0.05, 0) is 12.8 Å². The Labute approximate surface area is 96.8 Å². The summed E-state index contributed by atoms with van der Waals surface area (Å²) in [6.07, 6.45) is 7.61. The number of cyclic esters (lactones) is 1. The molecule has 1 heterocycles. The second-order valence-electron chi connectivity index (χ2n) is 4.12. The van der Waals surface area contributed by atoms with E-state index < -0.39 is 12.1 Å². The lowest BCUT2D eigenvalue weighted by atomic mass is 10.1. The first kappa shape index (κ1) is 13.0. The van der Waals surface area contributed by atoms with Crippen molar-refractivity contribution >= 4 is 5.97 Å². The van der Waals surface area contributed by atoms with Gasteiger partial charge in [-0.25, -0.2) is 4.79 Å². The largest absolute Gasteiger partial charge is 0.425 e. The molecule has 1 fully saturated rings. The summed E-state index contributed by atoms with van der Waals surface area (Å²) >= 11 is 0. The van der Waals surface area contributed by atoms with E-state index in [1.54, 1.807) is 6.08 Å². The van der Waals surface area contributed by atoms with Crippen molar-refractivity contribution in [3.8, 4) is 0 Å². The van der Waals surface area contributed by atoms with Gasteiger partial charge in [0.25, 0.3) is 0 Å². The van der Waals surface area contributed by atoms with Crippen molar-refractivity contribution in [2.24, 2.45) is 0 Å². The van der Waals surface area contributed by atoms with E-state index in [0.717, 1.165) is 12.8 Å². The van der Waals surface area contributed by atoms with Crippen LogP contribution in [0, 0.1) is 0 Å². The van der Waals surface area contributed by atoms with Gasteiger partial charge >= 0.3 is 5.97 Å². The second kappa shape index (κ2) is 6.48. The van der Waals surface area contributed by atoms with Crippen LogP contribution in [-0.2, 0) is 9.53 Å². The number of hydrogen-bond donors (Lipinski definition) is 1. The van der Waals surface area contributed by atoms with Crippen LogP contribution >= 0.6 is 0 Å². The minimum atomic E-state index is -0.928. The van der Waals surface area contributed by atoms with Gasteiger partial charge in [0.15, 0.2) is 0 Å². The lowest BCUT2D eigenvalue weighted by molar-refractivity contribution is -0.132. The molecule has 90 valence electrons. The third-order valence-electron chi connectivity index (χ3n) is 2.73. The van der Waals surface area contributed by atoms with Gasteiger partial charge in [-0.1, -0.05) is 45.3 Å². The molecule has 1 N–H and O–H groups in total. The molecule has 0 radical (unpaired) electrons. The van der Waals surface area contributed by atoms with Crippen LogP contribution < -0.4 is 0 Å². The average Bonchev–Trinajstić information content (AvgIpc) is 2.49. The first-order chi connectivity index (χ1) is 7.66. The van der Waals surface area contributed by atoms with E-state index in [0.29, 0.717) is 5.57 Å². The fraction of sp³-hybridized carbons (Fsp3) is 0.615. The van der Waals surface area contributed by atoms with E-state index in [2.05, 4.69) is 13.5 Å². The van der Waals surface area contributed by atoms with Crippen molar-refractivity contribution in [1.82, 2.24) is 0 Å². The quantitative estimate of drug-likeness (QED) is 0.428. The number of esters is 1. The first-order valence-electron chi connectivity index (χ1n) is 5.96. The molecule has 0 spiro atoms. The molecule has 0 aliphatic carbocycles. The summed E-state index contributed by atoms with van der Waals surface area (Å²) in [4.78, 5) is 11.2. The highest BCUT2D eigenvalue weighted by Gasteiger charge is 2.32. The van der Waals surface area contributed by atoms with Gasteiger partial charge in [-0.15, -0.1) is 0 Å². The molecule has 3 heteroatoms. The van der Waals surface area contributed by atoms with E-state index >= 15 is 0 Å². The standard InChI is InChI=1S/C13H20O3/c1-3-4-5-6-7-8-9-11-12(14)10(2)16-13(11)15/h9,12,14H,2-8H2,1H3/b11-9-/t12-/m1/s1. The van der Waals surface area contributed by atoms with Crippen LogP contribution in [0.2, 0.25) is 0 Å². The van der Waals surface area contributed by atoms with Crippen LogP contribution in [0.15, 0.2) is 24.0 Å². The van der Waals surface area contributed by atoms with Gasteiger partial charge in [0.1, 0.15) is 11.9 Å². The van der Waals surface area contributed by atoms with Crippen molar-refractivity contribution in [3.63, 3.8) is 0 Å². The Hall–Kier alpha value is -1.09. The molecule has 1 saturated heterocycles. The Morgan fingerprint density at radius 1 is 1.38 bits per heavy atom. The summed E-state index contributed by atoms with van der Waals surface area (Å²) in [6.45, 7) is 5.65. The topological polar surface area (TPSA) is 46.5 Å². The summed E-state index contributed by atoms with van der Waals surface area (Å²) in [6, 6.07) is 0. The number of aliphatic hydroxyl groups is 1. The molecule has 0 aromatic carbocycles. The molecule has 1 aliphatic heterocycles. The zero-order valence-electron chi connectivity index (χ0n) is 9.87. The molecule has 3 nitrogen and oxygen atoms in total. The van der Waals surface area contributed by atoms with Crippen LogP contribution in [0.3, 0.4) is 0 Å². The average molecular weight is 224 g/mol. The third-order valence-corrected chi connectivity index (χ3v) is 2.73. The van der Waals surface area contributed by atoms with Crippen molar-refractivity contribution in [2.45, 2.75) is 51.6 Å². The van der Waals surface area contributed by atoms with E-state index in [1.165, 1.54) is 25.7 Å². The van der Waals surface area contributed by atoms with Gasteiger partial charge in [0.05, 0.1) is 5.57 Å². The molecule has 0 aromatic heterocycles. The Morgan fingerprint density at radius 2 is 2.06 bits per heavy atom. The molecule has 0 aromatic rings. The fourth-order valence-corrected chi connectivity index (χ4v) is 1.72. The number of allylic oxidation sites excluding steroid dienone is 1. The summed E-state index contributed by atoms with van der Waals surface area (Å²) in [5, 5.41) is 9.55. The minimum Gasteiger partial charge on any atom is -0.425 e. The van der Waals surface area contributed by atoms with Gasteiger partial charge < -0.3 is 9.84 Å². The molecule has 0 bridgehead atoms. The number of ether oxygens (including phenoxy) is 1. The number of hydrogen-bond acceptors (Lipinski definition) is 3. The number of aliphatic hydroxyl groups excluding tert-OH is 1. The highest BCUT2D eigenvalue weighted by atomic mass is 16.6. The summed E-state index contributed by atoms with van der Waals surface area (Å²) < 4.78 is 4.73. The highest BCUT2D eigenvalue weighted by Crippen LogP contribution is 2.23. The lowest BCUT2D eigenvalue weighted by Gasteiger charge is -2.00. The fourth-order valence-electron chi connectivity index (χ4n) is 1.72. The van der Waals surface area contributed by atoms with Gasteiger partial charge in [-0.3, -0.25) is 0 Å². The van der Waals surface area contributed by atoms with Crippen molar-refractivity contribution in [1.29, 1.82) is 0 Å². The Morgan fingerprint density at radius 3 is 2.62 bits per heavy atom. The van der Waals surface area contributed by atoms with E-state index in [1.807, 2.05) is 0 Å². The number of carbonyl (C=O) groups is 1. The molecule has 0 amide bonds. The Kier molecular flexibility index (Phi) is 5.26. The van der Waals surface area contributed by atoms with Crippen LogP contribution in [0.25, 0.3) is 0 Å². The SMILES string of the molecule is C=C1OC(=O)/C(=C\CCCCCCC)[C@@H]1O. The molecule has 1 rings (SSSR count). The molecule has 0 unspecified atom stereocenters. The van der Waals surface area contributed by atoms with Gasteiger partial charge in [0.2, 0.25) is 0 Å². The molecular weight excluding hydrogens is 204 g/mol. The maximum Gasteiger partial charge on any atom is 0.341 e. The van der Waals surface area contributed by atoms with Crippen molar-refractivity contribution < 1.29 is 14.6 Å². The predicted molar refractivity (Wildman–Crippen MR) is 62.7 cm³/mol. The molecule has 1 aliphatic rings. The van der Waals surface area contributed by atoms with Gasteiger partial charge in [-0.2, -0.15) is 0 Å². The normalized spacial score (nSPS) is 22.9. The van der Waals surface area contributed by atoms with Crippen LogP contribution in [0.1, 0.15) is 45.4 Å². The zero-order valence-corrected chi connectivity index (χ0v) is 9.87. The smallest absolute Gasteiger partial charge is 0.341 e. The van der Waals surface area contributed by atoms with Crippen molar-refractivity contribution in [2.75, 3.05) is 0 Å². The maximum atomic E-state index is 11.2. The second-order valence-corrected chi connectivity index (χ2v) is 4.12. The van der Waals surface area contributed by atoms with Crippen LogP contribution in [0.4, 0.5) is 0 Å². The van der Waals surface area contributed by atoms with E-state index in [9.17, 15) is 9.90 Å². The van der Waals surface area contributed by atoms with E-state index in [4.69, 9.17) is 4.74 Å². The molecule has 16 heavy (non-hydrogen) atoms. The van der Waals surface area contributed by atoms with Crippen LogP contribution in [-0.4, -0.2) is 17.2 Å². The molecule has 1 atom stereocenters. The molecule has 0 saturated carbocycles. The number of unbranched alkanes of at least 4 members (excludes halogenated alkanes) is 5. The maximum absolute atomic E-state index is 11.2. The molecular formula is C13H20O3. The van der Waals surface area contributed by atoms with Gasteiger partial charge in [0, 0.05) is 0 Å². The lowest BCUT2D eigenvalue weighted by Crippen LogP contribution is -2.07. The van der Waals surface area contributed by atoms with Crippen LogP contribution in [0.5, 0.6) is 0 Å². The zero-order chi connectivity index (χ0) is 12.0. The summed E-state index contributed by atoms with van der Waals surface area (Å²) in [5.74, 6) is -0.312. The van der Waals surface area contributed by atoms with Crippen molar-refractivity contribution in [3.05, 3.63) is 24.0 Å². The summed E-state index contributed by atoms with van der Waals surface area (Å²) in [5.41, 5.74) is 0.348. The van der Waals surface area contributed by atoms with E-state index in [-0.39, 0.29) is 5.76 Å². The number of carbonyl (C=O) groups excluding carboxylic acids is 1. The monoisotopic (exact) mass is 224 g/mol. The third kappa shape index (κ3) is 3.49. The Balaban J connectivity index is 2.29. The minimum absolute atomic E-state index is 0.141. The predicted octanol–water partition coefficient (Wildman–Crippen LogP) is 2.70. The summed E-state index contributed by atoms with van der Waals surface area (Å²) in [7, 11) is 0. The Bertz CT molecular complexity index is 292. The first-order valence-corrected chi connectivity index (χ1v) is 5.96.